The summed E-state index contributed by atoms with van der Waals surface area (Å²) in [7, 11) is 0. The molecule has 2 aromatic rings. The van der Waals surface area contributed by atoms with Gasteiger partial charge in [-0.25, -0.2) is 0 Å². The smallest absolute Gasteiger partial charge is 0.251 e. The molecule has 0 atom stereocenters. The van der Waals surface area contributed by atoms with Crippen LogP contribution < -0.4 is 5.32 Å². The van der Waals surface area contributed by atoms with Crippen molar-refractivity contribution in [3.8, 4) is 0 Å². The Balaban J connectivity index is 1.91. The third kappa shape index (κ3) is 5.43. The quantitative estimate of drug-likeness (QED) is 0.812. The molecule has 1 aromatic heterocycles. The van der Waals surface area contributed by atoms with Crippen LogP contribution in [0.15, 0.2) is 24.3 Å². The molecular weight excluding hydrogens is 314 g/mol. The molecule has 1 aromatic carbocycles. The fourth-order valence-electron chi connectivity index (χ4n) is 2.70. The fourth-order valence-corrected chi connectivity index (χ4v) is 2.70. The van der Waals surface area contributed by atoms with Crippen molar-refractivity contribution in [2.24, 2.45) is 0 Å². The first-order valence-electron chi connectivity index (χ1n) is 8.77. The van der Waals surface area contributed by atoms with Gasteiger partial charge in [0.25, 0.3) is 5.91 Å². The Kier molecular flexibility index (Phi) is 6.01. The molecule has 1 heterocycles. The number of hydrogen-bond acceptors (Lipinski definition) is 3. The highest BCUT2D eigenvalue weighted by Crippen LogP contribution is 2.14. The molecule has 0 saturated heterocycles. The summed E-state index contributed by atoms with van der Waals surface area (Å²) in [5.74, 6) is -0.0802. The second-order valence-electron chi connectivity index (χ2n) is 7.29. The van der Waals surface area contributed by atoms with Crippen LogP contribution in [0.25, 0.3) is 0 Å². The van der Waals surface area contributed by atoms with Gasteiger partial charge in [-0.3, -0.25) is 9.48 Å². The van der Waals surface area contributed by atoms with E-state index in [2.05, 4.69) is 17.3 Å². The van der Waals surface area contributed by atoms with E-state index in [0.717, 1.165) is 23.4 Å². The van der Waals surface area contributed by atoms with Crippen LogP contribution in [-0.4, -0.2) is 32.9 Å². The predicted octanol–water partition coefficient (Wildman–Crippen LogP) is 2.94. The summed E-state index contributed by atoms with van der Waals surface area (Å²) < 4.78 is 1.94. The Morgan fingerprint density at radius 1 is 1.28 bits per heavy atom. The van der Waals surface area contributed by atoms with Crippen molar-refractivity contribution < 1.29 is 9.90 Å². The number of aryl methyl sites for hydroxylation is 2. The normalized spacial score (nSPS) is 11.6. The molecule has 0 unspecified atom stereocenters. The van der Waals surface area contributed by atoms with Gasteiger partial charge in [0.1, 0.15) is 0 Å². The summed E-state index contributed by atoms with van der Waals surface area (Å²) in [5, 5.41) is 17.3. The van der Waals surface area contributed by atoms with E-state index in [1.807, 2.05) is 42.8 Å². The van der Waals surface area contributed by atoms with Gasteiger partial charge in [-0.05, 0) is 70.7 Å². The molecule has 136 valence electrons. The summed E-state index contributed by atoms with van der Waals surface area (Å²) in [6.45, 7) is 10.9. The first-order valence-corrected chi connectivity index (χ1v) is 8.77. The molecule has 0 aliphatic heterocycles. The fraction of sp³-hybridized carbons (Fsp3) is 0.500. The first-order chi connectivity index (χ1) is 11.7. The van der Waals surface area contributed by atoms with Gasteiger partial charge in [0.15, 0.2) is 0 Å². The molecule has 5 heteroatoms. The molecule has 2 rings (SSSR count). The van der Waals surface area contributed by atoms with Crippen molar-refractivity contribution in [2.75, 3.05) is 6.54 Å². The molecule has 0 fully saturated rings. The number of nitrogens with one attached hydrogen (secondary N) is 1. The van der Waals surface area contributed by atoms with Crippen LogP contribution >= 0.6 is 0 Å². The average Bonchev–Trinajstić information content (AvgIpc) is 2.80. The van der Waals surface area contributed by atoms with E-state index in [-0.39, 0.29) is 5.91 Å². The third-order valence-electron chi connectivity index (χ3n) is 4.57. The number of benzene rings is 1. The third-order valence-corrected chi connectivity index (χ3v) is 4.57. The Labute approximate surface area is 150 Å². The number of carbonyl (C=O) groups excluding carboxylic acids is 1. The predicted molar refractivity (Wildman–Crippen MR) is 99.8 cm³/mol. The number of nitrogens with zero attached hydrogens (tertiary/aromatic N) is 2. The number of amides is 1. The lowest BCUT2D eigenvalue weighted by Gasteiger charge is -2.16. The Hall–Kier alpha value is -2.14. The number of rotatable bonds is 7. The van der Waals surface area contributed by atoms with Crippen molar-refractivity contribution in [2.45, 2.75) is 59.6 Å². The van der Waals surface area contributed by atoms with Crippen LogP contribution in [0.5, 0.6) is 0 Å². The van der Waals surface area contributed by atoms with E-state index in [4.69, 9.17) is 0 Å². The van der Waals surface area contributed by atoms with Gasteiger partial charge in [-0.15, -0.1) is 0 Å². The van der Waals surface area contributed by atoms with Crippen LogP contribution in [0.3, 0.4) is 0 Å². The van der Waals surface area contributed by atoms with Gasteiger partial charge in [0, 0.05) is 17.8 Å². The molecule has 5 nitrogen and oxygen atoms in total. The topological polar surface area (TPSA) is 67.2 Å². The van der Waals surface area contributed by atoms with E-state index in [1.165, 1.54) is 5.56 Å². The van der Waals surface area contributed by atoms with Gasteiger partial charge in [-0.1, -0.05) is 12.1 Å². The maximum atomic E-state index is 12.4. The Morgan fingerprint density at radius 2 is 2.00 bits per heavy atom. The zero-order valence-electron chi connectivity index (χ0n) is 15.9. The van der Waals surface area contributed by atoms with Crippen LogP contribution in [0.1, 0.15) is 53.1 Å². The summed E-state index contributed by atoms with van der Waals surface area (Å²) in [6, 6.07) is 7.59. The lowest BCUT2D eigenvalue weighted by atomic mass is 9.98. The number of hydrogen-bond donors (Lipinski definition) is 2. The number of aliphatic hydroxyl groups is 1. The van der Waals surface area contributed by atoms with Crippen LogP contribution in [0, 0.1) is 20.8 Å². The van der Waals surface area contributed by atoms with Gasteiger partial charge in [0.05, 0.1) is 17.8 Å². The standard InChI is InChI=1S/C20H29N3O2/c1-14-15(2)22-23(16(14)3)12-11-21-19(24)18-8-6-7-17(13-18)9-10-20(4,5)25/h6-8,13,25H,9-12H2,1-5H3,(H,21,24). The summed E-state index contributed by atoms with van der Waals surface area (Å²) >= 11 is 0. The van der Waals surface area contributed by atoms with Crippen molar-refractivity contribution in [3.63, 3.8) is 0 Å². The molecule has 0 saturated carbocycles. The van der Waals surface area contributed by atoms with Crippen LogP contribution in [0.4, 0.5) is 0 Å². The van der Waals surface area contributed by atoms with E-state index in [0.29, 0.717) is 25.1 Å². The van der Waals surface area contributed by atoms with Gasteiger partial charge < -0.3 is 10.4 Å². The van der Waals surface area contributed by atoms with Crippen molar-refractivity contribution >= 4 is 5.91 Å². The number of carbonyl (C=O) groups is 1. The van der Waals surface area contributed by atoms with Crippen molar-refractivity contribution in [1.29, 1.82) is 0 Å². The minimum Gasteiger partial charge on any atom is -0.390 e. The summed E-state index contributed by atoms with van der Waals surface area (Å²) in [5.41, 5.74) is 4.38. The number of aromatic nitrogens is 2. The van der Waals surface area contributed by atoms with E-state index in [1.54, 1.807) is 13.8 Å². The zero-order valence-corrected chi connectivity index (χ0v) is 15.9. The Bertz CT molecular complexity index is 742. The molecule has 25 heavy (non-hydrogen) atoms. The van der Waals surface area contributed by atoms with Crippen LogP contribution in [0.2, 0.25) is 0 Å². The highest BCUT2D eigenvalue weighted by atomic mass is 16.3. The second-order valence-corrected chi connectivity index (χ2v) is 7.29. The highest BCUT2D eigenvalue weighted by Gasteiger charge is 2.13. The molecule has 2 N–H and O–H groups in total. The minimum absolute atomic E-state index is 0.0802. The average molecular weight is 343 g/mol. The summed E-state index contributed by atoms with van der Waals surface area (Å²) in [4.78, 5) is 12.4. The molecule has 0 aliphatic carbocycles. The van der Waals surface area contributed by atoms with E-state index < -0.39 is 5.60 Å². The molecular formula is C20H29N3O2. The maximum absolute atomic E-state index is 12.4. The van der Waals surface area contributed by atoms with Crippen molar-refractivity contribution in [3.05, 3.63) is 52.3 Å². The molecule has 0 radical (unpaired) electrons. The lowest BCUT2D eigenvalue weighted by molar-refractivity contribution is 0.0714. The molecule has 0 aliphatic rings. The SMILES string of the molecule is Cc1nn(CCNC(=O)c2cccc(CCC(C)(C)O)c2)c(C)c1C. The van der Waals surface area contributed by atoms with Gasteiger partial charge in [0.2, 0.25) is 0 Å². The maximum Gasteiger partial charge on any atom is 0.251 e. The Morgan fingerprint density at radius 3 is 2.60 bits per heavy atom. The summed E-state index contributed by atoms with van der Waals surface area (Å²) in [6.07, 6.45) is 1.41. The molecule has 0 spiro atoms. The minimum atomic E-state index is -0.698. The van der Waals surface area contributed by atoms with E-state index in [9.17, 15) is 9.90 Å². The zero-order chi connectivity index (χ0) is 18.6. The lowest BCUT2D eigenvalue weighted by Crippen LogP contribution is -2.28. The van der Waals surface area contributed by atoms with Crippen molar-refractivity contribution in [1.82, 2.24) is 15.1 Å². The van der Waals surface area contributed by atoms with E-state index >= 15 is 0 Å². The van der Waals surface area contributed by atoms with Gasteiger partial charge in [-0.2, -0.15) is 5.10 Å². The second kappa shape index (κ2) is 7.83. The highest BCUT2D eigenvalue weighted by molar-refractivity contribution is 5.94. The molecule has 1 amide bonds. The van der Waals surface area contributed by atoms with Crippen LogP contribution in [-0.2, 0) is 13.0 Å². The molecule has 0 bridgehead atoms. The largest absolute Gasteiger partial charge is 0.390 e. The first kappa shape index (κ1) is 19.2. The monoisotopic (exact) mass is 343 g/mol. The van der Waals surface area contributed by atoms with Gasteiger partial charge >= 0.3 is 0 Å².